The van der Waals surface area contributed by atoms with Crippen molar-refractivity contribution in [2.45, 2.75) is 57.1 Å². The summed E-state index contributed by atoms with van der Waals surface area (Å²) in [7, 11) is 0. The van der Waals surface area contributed by atoms with Crippen LogP contribution in [0.1, 0.15) is 44.9 Å². The van der Waals surface area contributed by atoms with Gasteiger partial charge in [-0.25, -0.2) is 0 Å². The number of β-amino-alcohol motifs (C(OH)–C–C–N with tert-alkyl or cyclic N) is 1. The molecule has 1 aliphatic heterocycles. The third-order valence-electron chi connectivity index (χ3n) is 4.33. The normalized spacial score (nSPS) is 37.5. The Balaban J connectivity index is 1.97. The van der Waals surface area contributed by atoms with E-state index < -0.39 is 0 Å². The molecule has 2 rings (SSSR count). The topological polar surface area (TPSA) is 43.7 Å². The molecule has 94 valence electrons. The van der Waals surface area contributed by atoms with E-state index >= 15 is 0 Å². The molecule has 2 fully saturated rings. The van der Waals surface area contributed by atoms with E-state index in [0.717, 1.165) is 19.5 Å². The second kappa shape index (κ2) is 5.99. The predicted molar refractivity (Wildman–Crippen MR) is 64.3 cm³/mol. The van der Waals surface area contributed by atoms with Crippen molar-refractivity contribution in [2.24, 2.45) is 5.92 Å². The molecule has 16 heavy (non-hydrogen) atoms. The van der Waals surface area contributed by atoms with Gasteiger partial charge in [0.05, 0.1) is 12.7 Å². The maximum Gasteiger partial charge on any atom is 0.0583 e. The van der Waals surface area contributed by atoms with Crippen LogP contribution in [0.5, 0.6) is 0 Å². The Bertz CT molecular complexity index is 208. The highest BCUT2D eigenvalue weighted by molar-refractivity contribution is 4.88. The zero-order chi connectivity index (χ0) is 11.4. The van der Waals surface area contributed by atoms with Gasteiger partial charge in [0.2, 0.25) is 0 Å². The molecule has 3 heteroatoms. The van der Waals surface area contributed by atoms with Crippen LogP contribution in [-0.4, -0.2) is 47.0 Å². The highest BCUT2D eigenvalue weighted by atomic mass is 16.3. The Morgan fingerprint density at radius 1 is 1.00 bits per heavy atom. The molecular formula is C13H25NO2. The zero-order valence-corrected chi connectivity index (χ0v) is 10.1. The van der Waals surface area contributed by atoms with Crippen LogP contribution in [0.15, 0.2) is 0 Å². The average molecular weight is 227 g/mol. The van der Waals surface area contributed by atoms with Crippen molar-refractivity contribution in [1.29, 1.82) is 0 Å². The summed E-state index contributed by atoms with van der Waals surface area (Å²) in [4.78, 5) is 2.41. The van der Waals surface area contributed by atoms with Gasteiger partial charge in [-0.2, -0.15) is 0 Å². The number of hydrogen-bond acceptors (Lipinski definition) is 3. The van der Waals surface area contributed by atoms with E-state index in [2.05, 4.69) is 4.90 Å². The average Bonchev–Trinajstić information content (AvgIpc) is 2.31. The SMILES string of the molecule is OCCN1CCCCC1C1CCCCC1O. The largest absolute Gasteiger partial charge is 0.395 e. The van der Waals surface area contributed by atoms with Gasteiger partial charge < -0.3 is 10.2 Å². The monoisotopic (exact) mass is 227 g/mol. The molecule has 1 heterocycles. The third kappa shape index (κ3) is 2.76. The van der Waals surface area contributed by atoms with Crippen molar-refractivity contribution in [2.75, 3.05) is 19.7 Å². The van der Waals surface area contributed by atoms with Crippen LogP contribution in [0.4, 0.5) is 0 Å². The molecule has 0 aromatic heterocycles. The number of piperidine rings is 1. The number of likely N-dealkylation sites (tertiary alicyclic amines) is 1. The van der Waals surface area contributed by atoms with Crippen molar-refractivity contribution in [3.8, 4) is 0 Å². The summed E-state index contributed by atoms with van der Waals surface area (Å²) in [6.45, 7) is 2.14. The first-order valence-corrected chi connectivity index (χ1v) is 6.86. The van der Waals surface area contributed by atoms with Gasteiger partial charge in [0, 0.05) is 18.5 Å². The van der Waals surface area contributed by atoms with Gasteiger partial charge in [0.25, 0.3) is 0 Å². The molecule has 3 nitrogen and oxygen atoms in total. The number of aliphatic hydroxyl groups excluding tert-OH is 2. The van der Waals surface area contributed by atoms with Gasteiger partial charge in [-0.15, -0.1) is 0 Å². The molecule has 0 radical (unpaired) electrons. The van der Waals surface area contributed by atoms with Crippen LogP contribution in [0, 0.1) is 5.92 Å². The number of aliphatic hydroxyl groups is 2. The van der Waals surface area contributed by atoms with E-state index in [4.69, 9.17) is 5.11 Å². The summed E-state index contributed by atoms with van der Waals surface area (Å²) < 4.78 is 0. The summed E-state index contributed by atoms with van der Waals surface area (Å²) in [5.41, 5.74) is 0. The molecule has 1 saturated carbocycles. The van der Waals surface area contributed by atoms with Crippen molar-refractivity contribution in [1.82, 2.24) is 4.90 Å². The summed E-state index contributed by atoms with van der Waals surface area (Å²) in [5.74, 6) is 0.459. The van der Waals surface area contributed by atoms with E-state index in [9.17, 15) is 5.11 Å². The van der Waals surface area contributed by atoms with Crippen LogP contribution >= 0.6 is 0 Å². The Morgan fingerprint density at radius 3 is 2.50 bits per heavy atom. The molecule has 0 amide bonds. The highest BCUT2D eigenvalue weighted by Crippen LogP contribution is 2.33. The minimum absolute atomic E-state index is 0.0990. The van der Waals surface area contributed by atoms with E-state index in [1.807, 2.05) is 0 Å². The van der Waals surface area contributed by atoms with Gasteiger partial charge in [-0.3, -0.25) is 4.90 Å². The standard InChI is InChI=1S/C13H25NO2/c15-10-9-14-8-4-3-6-12(14)11-5-1-2-7-13(11)16/h11-13,15-16H,1-10H2. The summed E-state index contributed by atoms with van der Waals surface area (Å²) in [6.07, 6.45) is 8.26. The molecule has 2 N–H and O–H groups in total. The Hall–Kier alpha value is -0.120. The maximum atomic E-state index is 10.1. The van der Waals surface area contributed by atoms with E-state index in [1.165, 1.54) is 38.5 Å². The second-order valence-corrected chi connectivity index (χ2v) is 5.34. The first kappa shape index (κ1) is 12.3. The molecule has 1 saturated heterocycles. The van der Waals surface area contributed by atoms with Crippen molar-refractivity contribution < 1.29 is 10.2 Å². The van der Waals surface area contributed by atoms with Crippen LogP contribution in [0.2, 0.25) is 0 Å². The lowest BCUT2D eigenvalue weighted by Crippen LogP contribution is -2.49. The number of hydrogen-bond donors (Lipinski definition) is 2. The van der Waals surface area contributed by atoms with Crippen molar-refractivity contribution in [3.63, 3.8) is 0 Å². The highest BCUT2D eigenvalue weighted by Gasteiger charge is 2.35. The summed E-state index contributed by atoms with van der Waals surface area (Å²) >= 11 is 0. The molecule has 0 bridgehead atoms. The van der Waals surface area contributed by atoms with E-state index in [0.29, 0.717) is 12.0 Å². The van der Waals surface area contributed by atoms with Gasteiger partial charge >= 0.3 is 0 Å². The Labute approximate surface area is 98.5 Å². The lowest BCUT2D eigenvalue weighted by Gasteiger charge is -2.43. The molecule has 0 spiro atoms. The molecule has 2 aliphatic rings. The smallest absolute Gasteiger partial charge is 0.0583 e. The van der Waals surface area contributed by atoms with Crippen LogP contribution < -0.4 is 0 Å². The molecule has 0 aromatic rings. The van der Waals surface area contributed by atoms with E-state index in [-0.39, 0.29) is 12.7 Å². The van der Waals surface area contributed by atoms with Crippen LogP contribution in [0.25, 0.3) is 0 Å². The number of rotatable bonds is 3. The fourth-order valence-electron chi connectivity index (χ4n) is 3.50. The fourth-order valence-corrected chi connectivity index (χ4v) is 3.50. The van der Waals surface area contributed by atoms with Crippen molar-refractivity contribution in [3.05, 3.63) is 0 Å². The molecule has 3 unspecified atom stereocenters. The lowest BCUT2D eigenvalue weighted by molar-refractivity contribution is -0.0102. The zero-order valence-electron chi connectivity index (χ0n) is 10.1. The van der Waals surface area contributed by atoms with Gasteiger partial charge in [-0.05, 0) is 32.2 Å². The van der Waals surface area contributed by atoms with Gasteiger partial charge in [0.15, 0.2) is 0 Å². The third-order valence-corrected chi connectivity index (χ3v) is 4.33. The van der Waals surface area contributed by atoms with Gasteiger partial charge in [-0.1, -0.05) is 19.3 Å². The van der Waals surface area contributed by atoms with Crippen molar-refractivity contribution >= 4 is 0 Å². The van der Waals surface area contributed by atoms with Crippen LogP contribution in [-0.2, 0) is 0 Å². The molecular weight excluding hydrogens is 202 g/mol. The Kier molecular flexibility index (Phi) is 4.62. The second-order valence-electron chi connectivity index (χ2n) is 5.34. The summed E-state index contributed by atoms with van der Waals surface area (Å²) in [6, 6.07) is 0.524. The lowest BCUT2D eigenvalue weighted by atomic mass is 9.78. The molecule has 0 aromatic carbocycles. The van der Waals surface area contributed by atoms with E-state index in [1.54, 1.807) is 0 Å². The van der Waals surface area contributed by atoms with Crippen LogP contribution in [0.3, 0.4) is 0 Å². The van der Waals surface area contributed by atoms with Gasteiger partial charge in [0.1, 0.15) is 0 Å². The maximum absolute atomic E-state index is 10.1. The molecule has 3 atom stereocenters. The molecule has 1 aliphatic carbocycles. The first-order valence-electron chi connectivity index (χ1n) is 6.86. The number of nitrogens with zero attached hydrogens (tertiary/aromatic N) is 1. The Morgan fingerprint density at radius 2 is 1.75 bits per heavy atom. The minimum Gasteiger partial charge on any atom is -0.395 e. The summed E-state index contributed by atoms with van der Waals surface area (Å²) in [5, 5.41) is 19.2. The predicted octanol–water partition coefficient (Wildman–Crippen LogP) is 1.38. The fraction of sp³-hybridized carbons (Fsp3) is 1.00. The first-order chi connectivity index (χ1) is 7.83. The minimum atomic E-state index is -0.0990. The quantitative estimate of drug-likeness (QED) is 0.765.